The van der Waals surface area contributed by atoms with Gasteiger partial charge in [-0.3, -0.25) is 0 Å². The van der Waals surface area contributed by atoms with Gasteiger partial charge in [0.15, 0.2) is 0 Å². The molecule has 0 N–H and O–H groups in total. The summed E-state index contributed by atoms with van der Waals surface area (Å²) in [6.45, 7) is 0. The topological polar surface area (TPSA) is 22.1 Å². The maximum Gasteiger partial charge on any atom is 0.213 e. The molecule has 0 amide bonds. The highest BCUT2D eigenvalue weighted by atomic mass is 35.5. The van der Waals surface area contributed by atoms with Crippen molar-refractivity contribution in [3.8, 4) is 17.0 Å². The van der Waals surface area contributed by atoms with E-state index in [9.17, 15) is 4.39 Å². The van der Waals surface area contributed by atoms with Gasteiger partial charge in [0.25, 0.3) is 0 Å². The molecule has 2 rings (SSSR count). The Kier molecular flexibility index (Phi) is 3.59. The van der Waals surface area contributed by atoms with E-state index in [4.69, 9.17) is 16.3 Å². The molecule has 17 heavy (non-hydrogen) atoms. The molecule has 0 bridgehead atoms. The fraction of sp³-hybridized carbons (Fsp3) is 0.154. The Morgan fingerprint density at radius 1 is 1.18 bits per heavy atom. The molecule has 0 atom stereocenters. The molecule has 88 valence electrons. The monoisotopic (exact) mass is 251 g/mol. The van der Waals surface area contributed by atoms with E-state index in [-0.39, 0.29) is 11.7 Å². The van der Waals surface area contributed by atoms with Gasteiger partial charge in [0, 0.05) is 11.6 Å². The molecular weight excluding hydrogens is 241 g/mol. The van der Waals surface area contributed by atoms with Gasteiger partial charge in [-0.25, -0.2) is 9.37 Å². The summed E-state index contributed by atoms with van der Waals surface area (Å²) in [6, 6.07) is 9.87. The minimum absolute atomic E-state index is 0.261. The molecule has 0 spiro atoms. The molecule has 0 unspecified atom stereocenters. The van der Waals surface area contributed by atoms with Crippen LogP contribution < -0.4 is 4.74 Å². The van der Waals surface area contributed by atoms with Gasteiger partial charge in [0.2, 0.25) is 5.88 Å². The van der Waals surface area contributed by atoms with Crippen LogP contribution in [0, 0.1) is 5.82 Å². The summed E-state index contributed by atoms with van der Waals surface area (Å²) >= 11 is 5.85. The van der Waals surface area contributed by atoms with Crippen LogP contribution in [0.3, 0.4) is 0 Å². The summed E-state index contributed by atoms with van der Waals surface area (Å²) in [5, 5.41) is 0. The molecule has 0 fully saturated rings. The Balaban J connectivity index is 2.47. The number of aromatic nitrogens is 1. The van der Waals surface area contributed by atoms with Crippen LogP contribution in [-0.4, -0.2) is 12.1 Å². The van der Waals surface area contributed by atoms with Crippen molar-refractivity contribution in [2.45, 2.75) is 5.88 Å². The predicted molar refractivity (Wildman–Crippen MR) is 65.7 cm³/mol. The number of hydrogen-bond acceptors (Lipinski definition) is 2. The first-order chi connectivity index (χ1) is 8.24. The van der Waals surface area contributed by atoms with Gasteiger partial charge in [-0.15, -0.1) is 11.6 Å². The van der Waals surface area contributed by atoms with Gasteiger partial charge in [-0.05, 0) is 23.8 Å². The SMILES string of the molecule is COc1ccc(-c2ccc(F)cc2)c(CCl)n1. The Bertz CT molecular complexity index is 513. The van der Waals surface area contributed by atoms with Crippen molar-refractivity contribution in [3.63, 3.8) is 0 Å². The van der Waals surface area contributed by atoms with Gasteiger partial charge >= 0.3 is 0 Å². The summed E-state index contributed by atoms with van der Waals surface area (Å²) in [6.07, 6.45) is 0. The molecular formula is C13H11ClFNO. The number of methoxy groups -OCH3 is 1. The van der Waals surface area contributed by atoms with Crippen molar-refractivity contribution in [2.75, 3.05) is 7.11 Å². The molecule has 0 radical (unpaired) electrons. The summed E-state index contributed by atoms with van der Waals surface area (Å²) in [7, 11) is 1.55. The molecule has 1 aromatic heterocycles. The van der Waals surface area contributed by atoms with Crippen LogP contribution in [0.25, 0.3) is 11.1 Å². The Labute approximate surface area is 104 Å². The van der Waals surface area contributed by atoms with E-state index in [1.165, 1.54) is 12.1 Å². The van der Waals surface area contributed by atoms with Crippen molar-refractivity contribution >= 4 is 11.6 Å². The third-order valence-electron chi connectivity index (χ3n) is 2.44. The molecule has 0 saturated heterocycles. The lowest BCUT2D eigenvalue weighted by atomic mass is 10.0. The van der Waals surface area contributed by atoms with Gasteiger partial charge in [-0.2, -0.15) is 0 Å². The van der Waals surface area contributed by atoms with Crippen LogP contribution in [0.5, 0.6) is 5.88 Å². The molecule has 0 aliphatic rings. The highest BCUT2D eigenvalue weighted by Gasteiger charge is 2.07. The van der Waals surface area contributed by atoms with E-state index in [0.717, 1.165) is 16.8 Å². The molecule has 0 aliphatic carbocycles. The van der Waals surface area contributed by atoms with Crippen molar-refractivity contribution in [2.24, 2.45) is 0 Å². The van der Waals surface area contributed by atoms with Crippen molar-refractivity contribution < 1.29 is 9.13 Å². The zero-order valence-electron chi connectivity index (χ0n) is 9.28. The maximum atomic E-state index is 12.8. The van der Waals surface area contributed by atoms with E-state index in [0.29, 0.717) is 5.88 Å². The number of rotatable bonds is 3. The number of hydrogen-bond donors (Lipinski definition) is 0. The zero-order valence-corrected chi connectivity index (χ0v) is 10.0. The van der Waals surface area contributed by atoms with Crippen LogP contribution in [0.1, 0.15) is 5.69 Å². The Hall–Kier alpha value is -1.61. The van der Waals surface area contributed by atoms with Gasteiger partial charge in [0.1, 0.15) is 5.82 Å². The molecule has 4 heteroatoms. The van der Waals surface area contributed by atoms with Gasteiger partial charge in [0.05, 0.1) is 18.7 Å². The van der Waals surface area contributed by atoms with E-state index < -0.39 is 0 Å². The fourth-order valence-corrected chi connectivity index (χ4v) is 1.79. The van der Waals surface area contributed by atoms with Crippen LogP contribution in [0.2, 0.25) is 0 Å². The minimum atomic E-state index is -0.261. The lowest BCUT2D eigenvalue weighted by Crippen LogP contribution is -1.95. The summed E-state index contributed by atoms with van der Waals surface area (Å²) in [5.74, 6) is 0.540. The number of benzene rings is 1. The van der Waals surface area contributed by atoms with Crippen LogP contribution in [0.4, 0.5) is 4.39 Å². The van der Waals surface area contributed by atoms with Gasteiger partial charge in [-0.1, -0.05) is 12.1 Å². The van der Waals surface area contributed by atoms with E-state index >= 15 is 0 Å². The van der Waals surface area contributed by atoms with Gasteiger partial charge < -0.3 is 4.74 Å². The molecule has 1 aromatic carbocycles. The third-order valence-corrected chi connectivity index (χ3v) is 2.69. The first kappa shape index (κ1) is 11.9. The second-order valence-electron chi connectivity index (χ2n) is 3.49. The second kappa shape index (κ2) is 5.15. The number of halogens is 2. The fourth-order valence-electron chi connectivity index (χ4n) is 1.59. The van der Waals surface area contributed by atoms with Crippen molar-refractivity contribution in [3.05, 3.63) is 47.9 Å². The van der Waals surface area contributed by atoms with Crippen molar-refractivity contribution in [1.82, 2.24) is 4.98 Å². The average molecular weight is 252 g/mol. The van der Waals surface area contributed by atoms with Crippen LogP contribution >= 0.6 is 11.6 Å². The summed E-state index contributed by atoms with van der Waals surface area (Å²) in [4.78, 5) is 4.26. The normalized spacial score (nSPS) is 10.3. The molecule has 1 heterocycles. The van der Waals surface area contributed by atoms with Crippen LogP contribution in [-0.2, 0) is 5.88 Å². The number of alkyl halides is 1. The standard InChI is InChI=1S/C13H11ClFNO/c1-17-13-7-6-11(12(8-14)16-13)9-2-4-10(15)5-3-9/h2-7H,8H2,1H3. The highest BCUT2D eigenvalue weighted by Crippen LogP contribution is 2.26. The van der Waals surface area contributed by atoms with E-state index in [1.54, 1.807) is 25.3 Å². The largest absolute Gasteiger partial charge is 0.481 e. The van der Waals surface area contributed by atoms with Crippen LogP contribution in [0.15, 0.2) is 36.4 Å². The summed E-state index contributed by atoms with van der Waals surface area (Å²) in [5.41, 5.74) is 2.50. The molecule has 0 saturated carbocycles. The zero-order chi connectivity index (χ0) is 12.3. The lowest BCUT2D eigenvalue weighted by molar-refractivity contribution is 0.397. The van der Waals surface area contributed by atoms with E-state index in [1.807, 2.05) is 6.07 Å². The predicted octanol–water partition coefficient (Wildman–Crippen LogP) is 3.64. The Morgan fingerprint density at radius 3 is 2.47 bits per heavy atom. The quantitative estimate of drug-likeness (QED) is 0.777. The second-order valence-corrected chi connectivity index (χ2v) is 3.76. The average Bonchev–Trinajstić information content (AvgIpc) is 2.39. The molecule has 0 aliphatic heterocycles. The number of pyridine rings is 1. The number of ether oxygens (including phenoxy) is 1. The first-order valence-corrected chi connectivity index (χ1v) is 5.64. The summed E-state index contributed by atoms with van der Waals surface area (Å²) < 4.78 is 17.9. The molecule has 2 nitrogen and oxygen atoms in total. The van der Waals surface area contributed by atoms with E-state index in [2.05, 4.69) is 4.98 Å². The smallest absolute Gasteiger partial charge is 0.213 e. The first-order valence-electron chi connectivity index (χ1n) is 5.10. The van der Waals surface area contributed by atoms with Crippen molar-refractivity contribution in [1.29, 1.82) is 0 Å². The third kappa shape index (κ3) is 2.56. The molecule has 2 aromatic rings. The maximum absolute atomic E-state index is 12.8. The number of nitrogens with zero attached hydrogens (tertiary/aromatic N) is 1. The highest BCUT2D eigenvalue weighted by molar-refractivity contribution is 6.17. The minimum Gasteiger partial charge on any atom is -0.481 e. The Morgan fingerprint density at radius 2 is 1.88 bits per heavy atom. The lowest BCUT2D eigenvalue weighted by Gasteiger charge is -2.08.